The molecule has 1 N–H and O–H groups in total. The molecule has 3 nitrogen and oxygen atoms in total. The van der Waals surface area contributed by atoms with E-state index in [9.17, 15) is 4.79 Å². The van der Waals surface area contributed by atoms with Crippen molar-refractivity contribution in [2.24, 2.45) is 11.8 Å². The fourth-order valence-corrected chi connectivity index (χ4v) is 3.62. The molecule has 1 fully saturated rings. The minimum Gasteiger partial charge on any atom is -0.322 e. The Labute approximate surface area is 129 Å². The maximum absolute atomic E-state index is 12.7. The monoisotopic (exact) mass is 300 g/mol. The van der Waals surface area contributed by atoms with E-state index in [1.54, 1.807) is 0 Å². The summed E-state index contributed by atoms with van der Waals surface area (Å²) in [5.41, 5.74) is 0. The number of thioether (sulfide) groups is 1. The van der Waals surface area contributed by atoms with Crippen LogP contribution in [0.2, 0.25) is 0 Å². The first-order valence-electron chi connectivity index (χ1n) is 8.02. The van der Waals surface area contributed by atoms with Crippen molar-refractivity contribution in [1.29, 1.82) is 0 Å². The summed E-state index contributed by atoms with van der Waals surface area (Å²) in [4.78, 5) is 14.8. The van der Waals surface area contributed by atoms with Gasteiger partial charge in [0, 0.05) is 11.8 Å². The highest BCUT2D eigenvalue weighted by atomic mass is 32.2. The molecular weight excluding hydrogens is 268 g/mol. The van der Waals surface area contributed by atoms with Gasteiger partial charge in [0.1, 0.15) is 0 Å². The Kier molecular flexibility index (Phi) is 7.38. The second kappa shape index (κ2) is 8.28. The topological polar surface area (TPSA) is 32.3 Å². The molecule has 20 heavy (non-hydrogen) atoms. The van der Waals surface area contributed by atoms with Crippen molar-refractivity contribution in [3.05, 3.63) is 0 Å². The van der Waals surface area contributed by atoms with Crippen molar-refractivity contribution in [3.63, 3.8) is 0 Å². The summed E-state index contributed by atoms with van der Waals surface area (Å²) in [7, 11) is 0. The van der Waals surface area contributed by atoms with Crippen molar-refractivity contribution in [1.82, 2.24) is 10.2 Å². The third kappa shape index (κ3) is 4.96. The van der Waals surface area contributed by atoms with Crippen molar-refractivity contribution >= 4 is 17.7 Å². The Morgan fingerprint density at radius 3 is 2.25 bits per heavy atom. The first kappa shape index (κ1) is 17.8. The van der Waals surface area contributed by atoms with E-state index in [1.807, 2.05) is 11.8 Å². The summed E-state index contributed by atoms with van der Waals surface area (Å²) in [5, 5.41) is 3.58. The molecule has 0 spiro atoms. The highest BCUT2D eigenvalue weighted by Crippen LogP contribution is 2.24. The van der Waals surface area contributed by atoms with E-state index in [0.29, 0.717) is 23.8 Å². The highest BCUT2D eigenvalue weighted by molar-refractivity contribution is 7.99. The lowest BCUT2D eigenvalue weighted by molar-refractivity contribution is -0.132. The van der Waals surface area contributed by atoms with Crippen LogP contribution in [0.4, 0.5) is 0 Å². The van der Waals surface area contributed by atoms with Crippen molar-refractivity contribution < 1.29 is 4.79 Å². The maximum atomic E-state index is 12.7. The van der Waals surface area contributed by atoms with E-state index < -0.39 is 0 Å². The van der Waals surface area contributed by atoms with Gasteiger partial charge in [-0.15, -0.1) is 0 Å². The van der Waals surface area contributed by atoms with Crippen molar-refractivity contribution in [2.75, 3.05) is 11.5 Å². The second-order valence-electron chi connectivity index (χ2n) is 6.75. The van der Waals surface area contributed by atoms with Crippen LogP contribution in [-0.4, -0.2) is 40.6 Å². The Bertz CT molecular complexity index is 307. The van der Waals surface area contributed by atoms with Crippen molar-refractivity contribution in [3.8, 4) is 0 Å². The predicted molar refractivity (Wildman–Crippen MR) is 88.9 cm³/mol. The van der Waals surface area contributed by atoms with Gasteiger partial charge in [0.15, 0.2) is 0 Å². The van der Waals surface area contributed by atoms with Gasteiger partial charge in [-0.25, -0.2) is 0 Å². The lowest BCUT2D eigenvalue weighted by Crippen LogP contribution is -2.45. The minimum absolute atomic E-state index is 0.0211. The quantitative estimate of drug-likeness (QED) is 0.746. The molecule has 0 aliphatic carbocycles. The van der Waals surface area contributed by atoms with Gasteiger partial charge in [-0.2, -0.15) is 11.8 Å². The van der Waals surface area contributed by atoms with Crippen LogP contribution in [0.25, 0.3) is 0 Å². The maximum Gasteiger partial charge on any atom is 0.241 e. The molecule has 1 amide bonds. The molecule has 0 aromatic rings. The Balaban J connectivity index is 2.76. The first-order valence-corrected chi connectivity index (χ1v) is 9.18. The third-order valence-electron chi connectivity index (χ3n) is 3.72. The summed E-state index contributed by atoms with van der Waals surface area (Å²) in [6.07, 6.45) is 2.21. The number of nitrogens with zero attached hydrogens (tertiary/aromatic N) is 1. The molecule has 0 saturated carbocycles. The smallest absolute Gasteiger partial charge is 0.241 e. The van der Waals surface area contributed by atoms with Crippen LogP contribution < -0.4 is 5.32 Å². The molecule has 1 aliphatic heterocycles. The van der Waals surface area contributed by atoms with Gasteiger partial charge in [-0.1, -0.05) is 34.6 Å². The highest BCUT2D eigenvalue weighted by Gasteiger charge is 2.41. The van der Waals surface area contributed by atoms with Crippen LogP contribution in [-0.2, 0) is 4.79 Å². The zero-order valence-corrected chi connectivity index (χ0v) is 14.8. The molecule has 0 radical (unpaired) electrons. The Morgan fingerprint density at radius 1 is 1.15 bits per heavy atom. The zero-order chi connectivity index (χ0) is 15.3. The SMILES string of the molecule is CCSCC(C)N1C(=O)C(CC(C)C)NC1CC(C)C. The average Bonchev–Trinajstić information content (AvgIpc) is 2.61. The summed E-state index contributed by atoms with van der Waals surface area (Å²) in [5.74, 6) is 3.62. The number of hydrogen-bond acceptors (Lipinski definition) is 3. The molecular formula is C16H32N2OS. The van der Waals surface area contributed by atoms with Crippen LogP contribution >= 0.6 is 11.8 Å². The molecule has 0 aromatic heterocycles. The van der Waals surface area contributed by atoms with Gasteiger partial charge in [-0.3, -0.25) is 10.1 Å². The summed E-state index contributed by atoms with van der Waals surface area (Å²) in [6, 6.07) is 0.341. The summed E-state index contributed by atoms with van der Waals surface area (Å²) in [6.45, 7) is 13.2. The molecule has 1 aliphatic rings. The van der Waals surface area contributed by atoms with Gasteiger partial charge in [0.05, 0.1) is 12.2 Å². The molecule has 4 heteroatoms. The molecule has 1 heterocycles. The van der Waals surface area contributed by atoms with Gasteiger partial charge in [0.2, 0.25) is 5.91 Å². The molecule has 0 aromatic carbocycles. The van der Waals surface area contributed by atoms with Crippen LogP contribution in [0, 0.1) is 11.8 Å². The van der Waals surface area contributed by atoms with Gasteiger partial charge in [0.25, 0.3) is 0 Å². The van der Waals surface area contributed by atoms with Gasteiger partial charge >= 0.3 is 0 Å². The van der Waals surface area contributed by atoms with Crippen LogP contribution in [0.1, 0.15) is 54.4 Å². The Hall–Kier alpha value is -0.220. The van der Waals surface area contributed by atoms with E-state index >= 15 is 0 Å². The lowest BCUT2D eigenvalue weighted by atomic mass is 10.0. The number of hydrogen-bond donors (Lipinski definition) is 1. The summed E-state index contributed by atoms with van der Waals surface area (Å²) < 4.78 is 0. The second-order valence-corrected chi connectivity index (χ2v) is 8.07. The van der Waals surface area contributed by atoms with Gasteiger partial charge < -0.3 is 4.90 Å². The van der Waals surface area contributed by atoms with Gasteiger partial charge in [-0.05, 0) is 37.4 Å². The molecule has 3 atom stereocenters. The number of nitrogens with one attached hydrogen (secondary N) is 1. The molecule has 1 rings (SSSR count). The molecule has 1 saturated heterocycles. The lowest BCUT2D eigenvalue weighted by Gasteiger charge is -2.31. The van der Waals surface area contributed by atoms with E-state index in [4.69, 9.17) is 0 Å². The number of carbonyl (C=O) groups is 1. The molecule has 3 unspecified atom stereocenters. The first-order chi connectivity index (χ1) is 9.36. The summed E-state index contributed by atoms with van der Waals surface area (Å²) >= 11 is 1.92. The zero-order valence-electron chi connectivity index (χ0n) is 14.0. The molecule has 0 bridgehead atoms. The van der Waals surface area contributed by atoms with Crippen LogP contribution in [0.5, 0.6) is 0 Å². The van der Waals surface area contributed by atoms with E-state index in [1.165, 1.54) is 0 Å². The average molecular weight is 301 g/mol. The Morgan fingerprint density at radius 2 is 1.75 bits per heavy atom. The minimum atomic E-state index is 0.0211. The van der Waals surface area contributed by atoms with E-state index in [2.05, 4.69) is 51.8 Å². The van der Waals surface area contributed by atoms with Crippen LogP contribution in [0.15, 0.2) is 0 Å². The van der Waals surface area contributed by atoms with E-state index in [-0.39, 0.29) is 12.2 Å². The molecule has 118 valence electrons. The van der Waals surface area contributed by atoms with E-state index in [0.717, 1.165) is 24.3 Å². The van der Waals surface area contributed by atoms with Crippen molar-refractivity contribution in [2.45, 2.75) is 72.6 Å². The largest absolute Gasteiger partial charge is 0.322 e. The normalized spacial score (nSPS) is 25.0. The third-order valence-corrected chi connectivity index (χ3v) is 4.85. The fourth-order valence-electron chi connectivity index (χ4n) is 2.88. The fraction of sp³-hybridized carbons (Fsp3) is 0.938. The standard InChI is InChI=1S/C16H32N2OS/c1-7-20-10-13(6)18-15(9-12(4)5)17-14(16(18)19)8-11(2)3/h11-15,17H,7-10H2,1-6H3. The predicted octanol–water partition coefficient (Wildman–Crippen LogP) is 3.35. The number of carbonyl (C=O) groups excluding carboxylic acids is 1. The number of amides is 1. The van der Waals surface area contributed by atoms with Crippen LogP contribution in [0.3, 0.4) is 0 Å². The number of rotatable bonds is 8.